The predicted molar refractivity (Wildman–Crippen MR) is 84.7 cm³/mol. The standard InChI is InChI=1S/C15H12ClN3OS/c16-7-13-9-21-15(18-13)12-3-1-2-11(6-12)8-19-10-17-5-4-14(19)20/h1-6,9-10H,7-8H2. The number of nitrogens with zero attached hydrogens (tertiary/aromatic N) is 3. The first kappa shape index (κ1) is 14.0. The highest BCUT2D eigenvalue weighted by molar-refractivity contribution is 7.13. The Bertz CT molecular complexity index is 812. The van der Waals surface area contributed by atoms with E-state index in [-0.39, 0.29) is 5.56 Å². The van der Waals surface area contributed by atoms with E-state index in [9.17, 15) is 4.79 Å². The van der Waals surface area contributed by atoms with Crippen molar-refractivity contribution in [3.05, 3.63) is 69.8 Å². The summed E-state index contributed by atoms with van der Waals surface area (Å²) >= 11 is 7.35. The Morgan fingerprint density at radius 1 is 1.29 bits per heavy atom. The van der Waals surface area contributed by atoms with Crippen molar-refractivity contribution in [2.45, 2.75) is 12.4 Å². The number of alkyl halides is 1. The van der Waals surface area contributed by atoms with E-state index >= 15 is 0 Å². The molecule has 0 spiro atoms. The van der Waals surface area contributed by atoms with E-state index in [4.69, 9.17) is 11.6 Å². The van der Waals surface area contributed by atoms with Crippen LogP contribution in [0.15, 0.2) is 53.0 Å². The molecule has 1 aromatic carbocycles. The van der Waals surface area contributed by atoms with Gasteiger partial charge in [-0.05, 0) is 11.6 Å². The lowest BCUT2D eigenvalue weighted by Gasteiger charge is -2.06. The second kappa shape index (κ2) is 6.20. The Kier molecular flexibility index (Phi) is 4.13. The fourth-order valence-corrected chi connectivity index (χ4v) is 3.04. The Morgan fingerprint density at radius 2 is 2.19 bits per heavy atom. The highest BCUT2D eigenvalue weighted by Crippen LogP contribution is 2.25. The molecule has 21 heavy (non-hydrogen) atoms. The topological polar surface area (TPSA) is 47.8 Å². The van der Waals surface area contributed by atoms with Crippen molar-refractivity contribution in [2.24, 2.45) is 0 Å². The maximum atomic E-state index is 11.7. The van der Waals surface area contributed by atoms with Crippen molar-refractivity contribution in [3.8, 4) is 10.6 Å². The van der Waals surface area contributed by atoms with Crippen molar-refractivity contribution >= 4 is 22.9 Å². The van der Waals surface area contributed by atoms with E-state index in [0.29, 0.717) is 12.4 Å². The molecule has 0 unspecified atom stereocenters. The highest BCUT2D eigenvalue weighted by Gasteiger charge is 2.05. The molecule has 0 radical (unpaired) electrons. The molecule has 0 bridgehead atoms. The maximum Gasteiger partial charge on any atom is 0.253 e. The number of aromatic nitrogens is 3. The predicted octanol–water partition coefficient (Wildman–Crippen LogP) is 3.15. The molecule has 2 aromatic heterocycles. The van der Waals surface area contributed by atoms with E-state index in [2.05, 4.69) is 9.97 Å². The molecule has 0 saturated heterocycles. The Labute approximate surface area is 130 Å². The van der Waals surface area contributed by atoms with E-state index in [1.807, 2.05) is 29.6 Å². The lowest BCUT2D eigenvalue weighted by molar-refractivity contribution is 0.736. The summed E-state index contributed by atoms with van der Waals surface area (Å²) in [6.45, 7) is 0.494. The average molecular weight is 318 g/mol. The Morgan fingerprint density at radius 3 is 2.95 bits per heavy atom. The molecule has 0 aliphatic rings. The first-order valence-corrected chi connectivity index (χ1v) is 7.78. The third-order valence-electron chi connectivity index (χ3n) is 3.01. The summed E-state index contributed by atoms with van der Waals surface area (Å²) in [7, 11) is 0. The largest absolute Gasteiger partial charge is 0.295 e. The number of benzene rings is 1. The molecule has 0 amide bonds. The van der Waals surface area contributed by atoms with Gasteiger partial charge in [0.2, 0.25) is 0 Å². The van der Waals surface area contributed by atoms with Crippen LogP contribution in [0.4, 0.5) is 0 Å². The van der Waals surface area contributed by atoms with Gasteiger partial charge < -0.3 is 0 Å². The van der Waals surface area contributed by atoms with Crippen molar-refractivity contribution in [1.82, 2.24) is 14.5 Å². The maximum absolute atomic E-state index is 11.7. The van der Waals surface area contributed by atoms with Crippen LogP contribution in [0.5, 0.6) is 0 Å². The van der Waals surface area contributed by atoms with Gasteiger partial charge in [0, 0.05) is 23.2 Å². The van der Waals surface area contributed by atoms with Crippen LogP contribution in [-0.4, -0.2) is 14.5 Å². The smallest absolute Gasteiger partial charge is 0.253 e. The molecule has 0 fully saturated rings. The van der Waals surface area contributed by atoms with E-state index in [1.165, 1.54) is 12.3 Å². The second-order valence-corrected chi connectivity index (χ2v) is 5.65. The van der Waals surface area contributed by atoms with E-state index in [0.717, 1.165) is 21.8 Å². The zero-order valence-electron chi connectivity index (χ0n) is 11.1. The molecule has 0 aliphatic heterocycles. The summed E-state index contributed by atoms with van der Waals surface area (Å²) in [5.74, 6) is 0.418. The van der Waals surface area contributed by atoms with Crippen LogP contribution >= 0.6 is 22.9 Å². The molecule has 0 N–H and O–H groups in total. The first-order chi connectivity index (χ1) is 10.3. The van der Waals surface area contributed by atoms with Crippen LogP contribution in [0, 0.1) is 0 Å². The molecule has 0 atom stereocenters. The summed E-state index contributed by atoms with van der Waals surface area (Å²) in [6.07, 6.45) is 3.04. The van der Waals surface area contributed by atoms with Gasteiger partial charge in [-0.3, -0.25) is 9.36 Å². The average Bonchev–Trinajstić information content (AvgIpc) is 2.99. The molecule has 0 saturated carbocycles. The summed E-state index contributed by atoms with van der Waals surface area (Å²) < 4.78 is 1.57. The number of thiazole rings is 1. The Hall–Kier alpha value is -1.98. The third kappa shape index (κ3) is 3.20. The first-order valence-electron chi connectivity index (χ1n) is 6.36. The monoisotopic (exact) mass is 317 g/mol. The minimum atomic E-state index is -0.0610. The van der Waals surface area contributed by atoms with Gasteiger partial charge in [-0.25, -0.2) is 9.97 Å². The zero-order chi connectivity index (χ0) is 14.7. The van der Waals surface area contributed by atoms with Crippen molar-refractivity contribution in [1.29, 1.82) is 0 Å². The highest BCUT2D eigenvalue weighted by atomic mass is 35.5. The van der Waals surface area contributed by atoms with Crippen molar-refractivity contribution in [3.63, 3.8) is 0 Å². The lowest BCUT2D eigenvalue weighted by atomic mass is 10.1. The van der Waals surface area contributed by atoms with Crippen LogP contribution in [0.1, 0.15) is 11.3 Å². The van der Waals surface area contributed by atoms with Gasteiger partial charge in [0.1, 0.15) is 5.01 Å². The number of hydrogen-bond acceptors (Lipinski definition) is 4. The minimum Gasteiger partial charge on any atom is -0.295 e. The molecular formula is C15H12ClN3OS. The third-order valence-corrected chi connectivity index (χ3v) is 4.22. The van der Waals surface area contributed by atoms with Crippen LogP contribution in [0.3, 0.4) is 0 Å². The summed E-state index contributed by atoms with van der Waals surface area (Å²) in [5, 5.41) is 2.90. The van der Waals surface area contributed by atoms with Gasteiger partial charge in [0.15, 0.2) is 0 Å². The molecule has 6 heteroatoms. The fraction of sp³-hybridized carbons (Fsp3) is 0.133. The van der Waals surface area contributed by atoms with Crippen LogP contribution in [-0.2, 0) is 12.4 Å². The number of hydrogen-bond donors (Lipinski definition) is 0. The number of halogens is 1. The van der Waals surface area contributed by atoms with Gasteiger partial charge in [-0.15, -0.1) is 22.9 Å². The van der Waals surface area contributed by atoms with Crippen LogP contribution in [0.25, 0.3) is 10.6 Å². The van der Waals surface area contributed by atoms with E-state index < -0.39 is 0 Å². The normalized spacial score (nSPS) is 10.7. The second-order valence-electron chi connectivity index (χ2n) is 4.52. The summed E-state index contributed by atoms with van der Waals surface area (Å²) in [6, 6.07) is 9.45. The summed E-state index contributed by atoms with van der Waals surface area (Å²) in [5.41, 5.74) is 2.88. The quantitative estimate of drug-likeness (QED) is 0.694. The molecule has 3 aromatic rings. The van der Waals surface area contributed by atoms with Gasteiger partial charge in [-0.1, -0.05) is 18.2 Å². The molecule has 106 valence electrons. The van der Waals surface area contributed by atoms with E-state index in [1.54, 1.807) is 22.2 Å². The Balaban J connectivity index is 1.90. The molecular weight excluding hydrogens is 306 g/mol. The van der Waals surface area contributed by atoms with Crippen molar-refractivity contribution < 1.29 is 0 Å². The van der Waals surface area contributed by atoms with Gasteiger partial charge in [0.25, 0.3) is 5.56 Å². The SMILES string of the molecule is O=c1ccncn1Cc1cccc(-c2nc(CCl)cs2)c1. The van der Waals surface area contributed by atoms with Crippen LogP contribution in [0.2, 0.25) is 0 Å². The summed E-state index contributed by atoms with van der Waals surface area (Å²) in [4.78, 5) is 20.2. The molecule has 3 rings (SSSR count). The van der Waals surface area contributed by atoms with Crippen molar-refractivity contribution in [2.75, 3.05) is 0 Å². The van der Waals surface area contributed by atoms with Gasteiger partial charge >= 0.3 is 0 Å². The molecule has 2 heterocycles. The van der Waals surface area contributed by atoms with Gasteiger partial charge in [0.05, 0.1) is 24.4 Å². The molecule has 0 aliphatic carbocycles. The van der Waals surface area contributed by atoms with Crippen LogP contribution < -0.4 is 5.56 Å². The lowest BCUT2D eigenvalue weighted by Crippen LogP contribution is -2.19. The minimum absolute atomic E-state index is 0.0610. The number of rotatable bonds is 4. The zero-order valence-corrected chi connectivity index (χ0v) is 12.6. The molecule has 4 nitrogen and oxygen atoms in total. The van der Waals surface area contributed by atoms with Gasteiger partial charge in [-0.2, -0.15) is 0 Å². The fourth-order valence-electron chi connectivity index (χ4n) is 2.00.